The average Bonchev–Trinajstić information content (AvgIpc) is 0.788. The van der Waals surface area contributed by atoms with Crippen LogP contribution in [0.5, 0.6) is 17.2 Å². The van der Waals surface area contributed by atoms with Gasteiger partial charge in [-0.2, -0.15) is 0 Å². The van der Waals surface area contributed by atoms with Crippen molar-refractivity contribution in [1.82, 2.24) is 14.2 Å². The minimum Gasteiger partial charge on any atom is -0.472 e. The van der Waals surface area contributed by atoms with Gasteiger partial charge >= 0.3 is 7.32 Å². The van der Waals surface area contributed by atoms with E-state index in [9.17, 15) is 39.5 Å². The van der Waals surface area contributed by atoms with Gasteiger partial charge in [0.05, 0.1) is 66.6 Å². The highest BCUT2D eigenvalue weighted by molar-refractivity contribution is 6.37. The van der Waals surface area contributed by atoms with Gasteiger partial charge in [0.15, 0.2) is 209 Å². The molecule has 708 valence electrons. The molecule has 0 aliphatic rings. The van der Waals surface area contributed by atoms with Crippen molar-refractivity contribution in [1.29, 1.82) is 0 Å². The number of nitrogens with zero attached hydrogens (tertiary/aromatic N) is 3. The zero-order valence-corrected chi connectivity index (χ0v) is 63.0. The maximum absolute atomic E-state index is 16.5. The summed E-state index contributed by atoms with van der Waals surface area (Å²) in [5, 5.41) is -2.81. The average molecular weight is 1990 g/mol. The van der Waals surface area contributed by atoms with Crippen LogP contribution in [0.3, 0.4) is 0 Å². The van der Waals surface area contributed by atoms with Crippen LogP contribution >= 0.6 is 0 Å². The number of hydrogen-bond acceptors (Lipinski definition) is 6. The van der Waals surface area contributed by atoms with E-state index in [0.29, 0.717) is 36.8 Å². The summed E-state index contributed by atoms with van der Waals surface area (Å²) in [6.45, 7) is 0. The van der Waals surface area contributed by atoms with Crippen LogP contribution in [-0.2, 0) is 16.8 Å². The molecule has 0 radical (unpaired) electrons. The first-order valence-electron chi connectivity index (χ1n) is 35.3. The van der Waals surface area contributed by atoms with Gasteiger partial charge in [-0.25, -0.2) is 212 Å². The maximum atomic E-state index is 16.5. The molecule has 9 nitrogen and oxygen atoms in total. The number of rotatable bonds is 21. The van der Waals surface area contributed by atoms with Crippen molar-refractivity contribution in [2.45, 2.75) is 16.8 Å². The van der Waals surface area contributed by atoms with Gasteiger partial charge in [0, 0.05) is 34.7 Å². The Morgan fingerprint density at radius 1 is 0.154 bits per heavy atom. The summed E-state index contributed by atoms with van der Waals surface area (Å²) >= 11 is 0. The standard InChI is InChI=1S/C81H15BF45N3O6/c83-34-25(35(84)53(102)70(119)52(34)101)79(26-36(85)54(103)71(120)55(104)37(26)86,27-38(87)56(105)72(121)57(106)39(27)88)131-19-1-4-22-16(13-19)7-10-128(22)134-82(135-129-11-8-17-14-20(2-5-23(17)129)132-80(28-40(89)58(107)73(122)59(108)41(28)90,29-42(91)60(109)74(123)61(110)43(29)92)30-44(93)62(111)75(124)63(112)45(30)94)136-130-12-9-18-15-21(3-6-24(18)130)133-81(31-46(95)64(113)76(125)65(114)47(31)96,32-48(97)66(115)77(126)67(116)49(32)98)33-50(99)68(117)78(127)69(118)51(33)100/h1-15H. The normalized spacial score (nSPS) is 12.2. The fourth-order valence-corrected chi connectivity index (χ4v) is 14.4. The van der Waals surface area contributed by atoms with Crippen molar-refractivity contribution in [3.63, 3.8) is 0 Å². The lowest BCUT2D eigenvalue weighted by molar-refractivity contribution is 0.0793. The number of aromatic nitrogens is 3. The third-order valence-electron chi connectivity index (χ3n) is 20.3. The predicted octanol–water partition coefficient (Wildman–Crippen LogP) is 23.6. The minimum atomic E-state index is -5.75. The highest BCUT2D eigenvalue weighted by Crippen LogP contribution is 2.56. The summed E-state index contributed by atoms with van der Waals surface area (Å²) in [6, 6.07) is 2.78. The third-order valence-corrected chi connectivity index (χ3v) is 20.3. The molecule has 0 aliphatic heterocycles. The molecule has 0 bridgehead atoms. The quantitative estimate of drug-likeness (QED) is 0.0235. The Hall–Kier alpha value is -15.0. The van der Waals surface area contributed by atoms with Gasteiger partial charge in [0.2, 0.25) is 69.2 Å². The van der Waals surface area contributed by atoms with Crippen molar-refractivity contribution in [2.24, 2.45) is 0 Å². The van der Waals surface area contributed by atoms with Crippen LogP contribution in [0.2, 0.25) is 0 Å². The number of halogens is 45. The zero-order chi connectivity index (χ0) is 100. The smallest absolute Gasteiger partial charge is 0.472 e. The number of ether oxygens (including phenoxy) is 3. The molecule has 15 rings (SSSR count). The molecule has 3 aromatic heterocycles. The number of hydrogen-bond donors (Lipinski definition) is 0. The second kappa shape index (κ2) is 33.6. The van der Waals surface area contributed by atoms with E-state index in [1.807, 2.05) is 0 Å². The van der Waals surface area contributed by atoms with E-state index in [-0.39, 0.29) is 68.8 Å². The number of fused-ring (bicyclic) bond motifs is 3. The number of benzene rings is 12. The molecule has 0 spiro atoms. The summed E-state index contributed by atoms with van der Waals surface area (Å²) in [7, 11) is -3.12. The van der Waals surface area contributed by atoms with E-state index in [0.717, 1.165) is 0 Å². The molecule has 0 atom stereocenters. The first-order valence-corrected chi connectivity index (χ1v) is 35.3. The van der Waals surface area contributed by atoms with Crippen molar-refractivity contribution < 1.29 is 226 Å². The Morgan fingerprint density at radius 3 is 0.397 bits per heavy atom. The molecule has 12 aromatic carbocycles. The first-order chi connectivity index (χ1) is 63.7. The van der Waals surface area contributed by atoms with E-state index in [1.54, 1.807) is 0 Å². The Kier molecular flexibility index (Phi) is 23.6. The Bertz CT molecular complexity index is 6280. The van der Waals surface area contributed by atoms with E-state index in [4.69, 9.17) is 28.5 Å². The monoisotopic (exact) mass is 1990 g/mol. The van der Waals surface area contributed by atoms with E-state index in [1.165, 1.54) is 0 Å². The van der Waals surface area contributed by atoms with E-state index in [2.05, 4.69) is 0 Å². The molecule has 15 aromatic rings. The molecule has 0 saturated heterocycles. The SMILES string of the molecule is Fc1c(F)c(F)c(C(Oc2ccc3c(ccn3OB(On3ccc4cc(OC(c5c(F)c(F)c(F)c(F)c5F)(c5c(F)c(F)c(F)c(F)c5F)c5c(F)c(F)c(F)c(F)c5F)ccc43)On3ccc4cc(OC(c5c(F)c(F)c(F)c(F)c5F)(c5c(F)c(F)c(F)c(F)c5F)c5c(F)c(F)c(F)c(F)c5F)ccc43)c2)(c2c(F)c(F)c(F)c(F)c2F)c2c(F)c(F)c(F)c(F)c2F)c(F)c1F. The van der Waals surface area contributed by atoms with Crippen LogP contribution in [0.25, 0.3) is 32.7 Å². The van der Waals surface area contributed by atoms with Crippen molar-refractivity contribution in [2.75, 3.05) is 0 Å². The zero-order valence-electron chi connectivity index (χ0n) is 63.0. The van der Waals surface area contributed by atoms with Gasteiger partial charge in [0.25, 0.3) is 0 Å². The van der Waals surface area contributed by atoms with E-state index >= 15 is 158 Å². The summed E-state index contributed by atoms with van der Waals surface area (Å²) < 4.78 is 744. The lowest BCUT2D eigenvalue weighted by Gasteiger charge is -2.37. The van der Waals surface area contributed by atoms with Crippen molar-refractivity contribution >= 4 is 40.0 Å². The minimum absolute atomic E-state index is 0.0342. The van der Waals surface area contributed by atoms with Gasteiger partial charge in [-0.3, -0.25) is 0 Å². The molecular formula is C81H15BF45N3O6. The van der Waals surface area contributed by atoms with Crippen LogP contribution in [0.15, 0.2) is 91.4 Å². The molecule has 0 unspecified atom stereocenters. The van der Waals surface area contributed by atoms with Crippen LogP contribution in [0.4, 0.5) is 198 Å². The molecular weight excluding hydrogens is 1980 g/mol. The van der Waals surface area contributed by atoms with Gasteiger partial charge in [-0.1, -0.05) is 0 Å². The molecule has 3 heterocycles. The van der Waals surface area contributed by atoms with Gasteiger partial charge in [-0.05, 0) is 72.8 Å². The molecule has 0 saturated carbocycles. The first kappa shape index (κ1) is 95.6. The highest BCUT2D eigenvalue weighted by atomic mass is 19.2. The topological polar surface area (TPSA) is 70.2 Å². The largest absolute Gasteiger partial charge is 0.926 e. The maximum Gasteiger partial charge on any atom is 0.926 e. The fourth-order valence-electron chi connectivity index (χ4n) is 14.4. The van der Waals surface area contributed by atoms with Crippen LogP contribution in [0.1, 0.15) is 50.1 Å². The highest BCUT2D eigenvalue weighted by Gasteiger charge is 2.61. The second-order valence-corrected chi connectivity index (χ2v) is 27.5. The van der Waals surface area contributed by atoms with Crippen LogP contribution in [-0.4, -0.2) is 21.5 Å². The molecule has 55 heteroatoms. The fraction of sp³-hybridized carbons (Fsp3) is 0.0370. The Morgan fingerprint density at radius 2 is 0.272 bits per heavy atom. The predicted molar refractivity (Wildman–Crippen MR) is 359 cm³/mol. The summed E-state index contributed by atoms with van der Waals surface area (Å²) in [4.78, 5) is 0. The van der Waals surface area contributed by atoms with Crippen LogP contribution < -0.4 is 28.5 Å². The molecule has 136 heavy (non-hydrogen) atoms. The lowest BCUT2D eigenvalue weighted by atomic mass is 9.77. The van der Waals surface area contributed by atoms with Crippen molar-refractivity contribution in [3.8, 4) is 17.2 Å². The van der Waals surface area contributed by atoms with Crippen molar-refractivity contribution in [3.05, 3.63) is 403 Å². The summed E-state index contributed by atoms with van der Waals surface area (Å²) in [5.74, 6) is -164. The van der Waals surface area contributed by atoms with Gasteiger partial charge in [0.1, 0.15) is 17.2 Å². The lowest BCUT2D eigenvalue weighted by Crippen LogP contribution is -2.48. The summed E-state index contributed by atoms with van der Waals surface area (Å²) in [6.07, 6.45) is 1.35. The van der Waals surface area contributed by atoms with Crippen LogP contribution in [0, 0.1) is 262 Å². The Labute approximate surface area is 715 Å². The Balaban J connectivity index is 0.929. The van der Waals surface area contributed by atoms with Gasteiger partial charge in [-0.15, -0.1) is 0 Å². The molecule has 0 aliphatic carbocycles. The second-order valence-electron chi connectivity index (χ2n) is 27.5. The molecule has 0 N–H and O–H groups in total. The summed E-state index contributed by atoms with van der Waals surface area (Å²) in [5.41, 5.74) is -50.5. The third kappa shape index (κ3) is 13.7. The molecule has 0 amide bonds. The van der Waals surface area contributed by atoms with E-state index < -0.39 is 386 Å². The van der Waals surface area contributed by atoms with Gasteiger partial charge < -0.3 is 28.5 Å². The molecule has 0 fully saturated rings.